The Morgan fingerprint density at radius 3 is 2.32 bits per heavy atom. The maximum absolute atomic E-state index is 14.5. The molecular formula is C32H35N5O3S. The molecule has 1 amide bonds. The van der Waals surface area contributed by atoms with Crippen LogP contribution >= 0.6 is 11.8 Å². The van der Waals surface area contributed by atoms with E-state index in [0.717, 1.165) is 47.2 Å². The van der Waals surface area contributed by atoms with Gasteiger partial charge >= 0.3 is 0 Å². The minimum atomic E-state index is -1.12. The average Bonchev–Trinajstić information content (AvgIpc) is 3.00. The molecule has 8 nitrogen and oxygen atoms in total. The highest BCUT2D eigenvalue weighted by Gasteiger charge is 2.47. The lowest BCUT2D eigenvalue weighted by molar-refractivity contribution is -0.403. The van der Waals surface area contributed by atoms with Crippen LogP contribution in [0.3, 0.4) is 0 Å². The Bertz CT molecular complexity index is 1440. The van der Waals surface area contributed by atoms with Gasteiger partial charge in [-0.05, 0) is 47.6 Å². The molecule has 2 N–H and O–H groups in total. The van der Waals surface area contributed by atoms with Crippen molar-refractivity contribution in [2.24, 2.45) is 0 Å². The van der Waals surface area contributed by atoms with Crippen LogP contribution in [0.2, 0.25) is 0 Å². The van der Waals surface area contributed by atoms with Crippen LogP contribution in [-0.2, 0) is 10.3 Å². The quantitative estimate of drug-likeness (QED) is 0.266. The molecule has 2 heterocycles. The SMILES string of the molecule is CSC(=C[N+](=O)[O-])N1CCN(CC2=Cc3ccccc3NC2(C(=O)N[C@@H](C)c2ccccc2)c2ccccc2)CC1. The number of carbonyl (C=O) groups excluding carboxylic acids is 1. The average molecular weight is 570 g/mol. The van der Waals surface area contributed by atoms with Crippen LogP contribution < -0.4 is 10.6 Å². The number of hydrogen-bond donors (Lipinski definition) is 2. The number of nitrogens with zero attached hydrogens (tertiary/aromatic N) is 3. The van der Waals surface area contributed by atoms with Gasteiger partial charge in [-0.15, -0.1) is 11.8 Å². The van der Waals surface area contributed by atoms with E-state index in [1.54, 1.807) is 0 Å². The third kappa shape index (κ3) is 6.16. The van der Waals surface area contributed by atoms with Crippen LogP contribution in [-0.4, -0.2) is 59.6 Å². The van der Waals surface area contributed by atoms with Gasteiger partial charge in [0.1, 0.15) is 5.03 Å². The highest BCUT2D eigenvalue weighted by Crippen LogP contribution is 2.42. The number of nitrogens with one attached hydrogen (secondary N) is 2. The van der Waals surface area contributed by atoms with Crippen molar-refractivity contribution in [3.05, 3.63) is 129 Å². The van der Waals surface area contributed by atoms with E-state index < -0.39 is 10.5 Å². The van der Waals surface area contributed by atoms with E-state index in [1.807, 2.05) is 92.0 Å². The number of amides is 1. The normalized spacial score (nSPS) is 19.9. The van der Waals surface area contributed by atoms with Crippen molar-refractivity contribution >= 4 is 29.4 Å². The summed E-state index contributed by atoms with van der Waals surface area (Å²) in [6.45, 7) is 5.38. The van der Waals surface area contributed by atoms with E-state index in [2.05, 4.69) is 32.6 Å². The molecule has 0 saturated carbocycles. The fourth-order valence-corrected chi connectivity index (χ4v) is 6.24. The molecule has 9 heteroatoms. The molecule has 0 radical (unpaired) electrons. The van der Waals surface area contributed by atoms with Gasteiger partial charge in [0.2, 0.25) is 0 Å². The summed E-state index contributed by atoms with van der Waals surface area (Å²) in [5, 5.41) is 18.7. The van der Waals surface area contributed by atoms with Gasteiger partial charge in [-0.2, -0.15) is 0 Å². The molecule has 1 unspecified atom stereocenters. The van der Waals surface area contributed by atoms with E-state index in [0.29, 0.717) is 24.7 Å². The van der Waals surface area contributed by atoms with Crippen LogP contribution in [0.5, 0.6) is 0 Å². The molecule has 0 bridgehead atoms. The van der Waals surface area contributed by atoms with Crippen molar-refractivity contribution in [1.29, 1.82) is 0 Å². The Hall–Kier alpha value is -4.08. The molecular weight excluding hydrogens is 534 g/mol. The lowest BCUT2D eigenvalue weighted by atomic mass is 9.77. The number of para-hydroxylation sites is 1. The van der Waals surface area contributed by atoms with Gasteiger partial charge in [0.25, 0.3) is 12.1 Å². The number of hydrogen-bond acceptors (Lipinski definition) is 7. The number of carbonyl (C=O) groups is 1. The number of rotatable bonds is 9. The maximum atomic E-state index is 14.5. The van der Waals surface area contributed by atoms with E-state index >= 15 is 0 Å². The predicted octanol–water partition coefficient (Wildman–Crippen LogP) is 5.32. The van der Waals surface area contributed by atoms with Crippen molar-refractivity contribution < 1.29 is 9.72 Å². The summed E-state index contributed by atoms with van der Waals surface area (Å²) < 4.78 is 0. The zero-order chi connectivity index (χ0) is 28.8. The van der Waals surface area contributed by atoms with E-state index in [4.69, 9.17) is 0 Å². The molecule has 2 atom stereocenters. The van der Waals surface area contributed by atoms with Crippen LogP contribution in [0.1, 0.15) is 29.7 Å². The van der Waals surface area contributed by atoms with Crippen molar-refractivity contribution in [3.8, 4) is 0 Å². The zero-order valence-electron chi connectivity index (χ0n) is 23.3. The lowest BCUT2D eigenvalue weighted by Gasteiger charge is -2.44. The van der Waals surface area contributed by atoms with Gasteiger partial charge in [-0.3, -0.25) is 19.8 Å². The fraction of sp³-hybridized carbons (Fsp3) is 0.281. The predicted molar refractivity (Wildman–Crippen MR) is 166 cm³/mol. The van der Waals surface area contributed by atoms with Gasteiger partial charge in [-0.1, -0.05) is 78.9 Å². The summed E-state index contributed by atoms with van der Waals surface area (Å²) in [6.07, 6.45) is 5.10. The molecule has 1 fully saturated rings. The summed E-state index contributed by atoms with van der Waals surface area (Å²) >= 11 is 1.39. The Morgan fingerprint density at radius 1 is 1.02 bits per heavy atom. The highest BCUT2D eigenvalue weighted by atomic mass is 32.2. The first-order valence-electron chi connectivity index (χ1n) is 13.8. The van der Waals surface area contributed by atoms with Crippen LogP contribution in [0.25, 0.3) is 6.08 Å². The smallest absolute Gasteiger partial charge is 0.264 e. The lowest BCUT2D eigenvalue weighted by Crippen LogP contribution is -2.56. The first kappa shape index (κ1) is 28.4. The highest BCUT2D eigenvalue weighted by molar-refractivity contribution is 8.02. The number of anilines is 1. The topological polar surface area (TPSA) is 90.8 Å². The van der Waals surface area contributed by atoms with Gasteiger partial charge in [-0.25, -0.2) is 0 Å². The number of benzene rings is 3. The maximum Gasteiger partial charge on any atom is 0.264 e. The third-order valence-electron chi connectivity index (χ3n) is 7.79. The van der Waals surface area contributed by atoms with Gasteiger partial charge < -0.3 is 15.5 Å². The zero-order valence-corrected chi connectivity index (χ0v) is 24.1. The van der Waals surface area contributed by atoms with Gasteiger partial charge in [0, 0.05) is 38.4 Å². The monoisotopic (exact) mass is 569 g/mol. The Balaban J connectivity index is 1.48. The first-order chi connectivity index (χ1) is 19.9. The molecule has 2 aliphatic rings. The number of thioether (sulfide) groups is 1. The Kier molecular flexibility index (Phi) is 8.75. The molecule has 2 aliphatic heterocycles. The molecule has 1 saturated heterocycles. The molecule has 5 rings (SSSR count). The summed E-state index contributed by atoms with van der Waals surface area (Å²) in [4.78, 5) is 29.6. The Labute approximate surface area is 245 Å². The van der Waals surface area contributed by atoms with Crippen molar-refractivity contribution in [2.45, 2.75) is 18.5 Å². The molecule has 0 spiro atoms. The summed E-state index contributed by atoms with van der Waals surface area (Å²) in [5.74, 6) is -0.113. The minimum absolute atomic E-state index is 0.113. The molecule has 41 heavy (non-hydrogen) atoms. The first-order valence-corrected chi connectivity index (χ1v) is 15.0. The second kappa shape index (κ2) is 12.6. The number of piperazine rings is 1. The molecule has 212 valence electrons. The minimum Gasteiger partial charge on any atom is -0.364 e. The molecule has 0 aromatic heterocycles. The summed E-state index contributed by atoms with van der Waals surface area (Å²) in [6, 6.07) is 27.8. The molecule has 3 aromatic carbocycles. The third-order valence-corrected chi connectivity index (χ3v) is 8.57. The standard InChI is InChI=1S/C32H35N5O3S/c1-24(25-11-5-3-6-12-25)33-31(38)32(27-14-7-4-8-15-27)28(21-26-13-9-10-16-29(26)34-32)22-35-17-19-36(20-18-35)30(41-2)23-37(39)40/h3-16,21,23-24,34H,17-20,22H2,1-2H3,(H,33,38)/t24-,32?/m0/s1. The van der Waals surface area contributed by atoms with E-state index in [9.17, 15) is 14.9 Å². The largest absolute Gasteiger partial charge is 0.364 e. The molecule has 0 aliphatic carbocycles. The second-order valence-corrected chi connectivity index (χ2v) is 11.2. The molecule has 3 aromatic rings. The van der Waals surface area contributed by atoms with E-state index in [-0.39, 0.29) is 11.9 Å². The van der Waals surface area contributed by atoms with Crippen molar-refractivity contribution in [1.82, 2.24) is 15.1 Å². The summed E-state index contributed by atoms with van der Waals surface area (Å²) in [5.41, 5.74) is 3.69. The summed E-state index contributed by atoms with van der Waals surface area (Å²) in [7, 11) is 0. The second-order valence-electron chi connectivity index (χ2n) is 10.3. The van der Waals surface area contributed by atoms with Crippen molar-refractivity contribution in [2.75, 3.05) is 44.3 Å². The Morgan fingerprint density at radius 2 is 1.66 bits per heavy atom. The van der Waals surface area contributed by atoms with Gasteiger partial charge in [0.05, 0.1) is 11.0 Å². The van der Waals surface area contributed by atoms with Crippen molar-refractivity contribution in [3.63, 3.8) is 0 Å². The van der Waals surface area contributed by atoms with Crippen LogP contribution in [0.15, 0.2) is 102 Å². The number of nitro groups is 1. The van der Waals surface area contributed by atoms with Crippen LogP contribution in [0.4, 0.5) is 5.69 Å². The van der Waals surface area contributed by atoms with Crippen LogP contribution in [0, 0.1) is 10.1 Å². The fourth-order valence-electron chi connectivity index (χ4n) is 5.61. The van der Waals surface area contributed by atoms with Gasteiger partial charge in [0.15, 0.2) is 5.54 Å². The van der Waals surface area contributed by atoms with E-state index in [1.165, 1.54) is 11.8 Å². The number of fused-ring (bicyclic) bond motifs is 1.